The Labute approximate surface area is 107 Å². The van der Waals surface area contributed by atoms with Crippen LogP contribution in [0.5, 0.6) is 0 Å². The molecule has 1 aliphatic carbocycles. The van der Waals surface area contributed by atoms with Crippen LogP contribution < -0.4 is 5.32 Å². The number of hydrogen-bond acceptors (Lipinski definition) is 6. The molecule has 0 aromatic carbocycles. The quantitative estimate of drug-likeness (QED) is 0.856. The van der Waals surface area contributed by atoms with Crippen molar-refractivity contribution in [2.45, 2.75) is 43.9 Å². The van der Waals surface area contributed by atoms with Crippen molar-refractivity contribution >= 4 is 9.84 Å². The largest absolute Gasteiger partial charge is 0.339 e. The maximum Gasteiger partial charge on any atom is 0.231 e. The first kappa shape index (κ1) is 13.5. The Morgan fingerprint density at radius 1 is 1.44 bits per heavy atom. The summed E-state index contributed by atoms with van der Waals surface area (Å²) in [7, 11) is -3.11. The molecule has 2 unspecified atom stereocenters. The summed E-state index contributed by atoms with van der Waals surface area (Å²) in [6.45, 7) is 2.98. The van der Waals surface area contributed by atoms with Gasteiger partial charge in [-0.15, -0.1) is 0 Å². The number of hydrogen-bond donors (Lipinski definition) is 1. The summed E-state index contributed by atoms with van der Waals surface area (Å²) in [4.78, 5) is 4.21. The Balaban J connectivity index is 2.09. The Morgan fingerprint density at radius 2 is 2.22 bits per heavy atom. The highest BCUT2D eigenvalue weighted by Gasteiger charge is 2.32. The fraction of sp³-hybridized carbons (Fsp3) is 0.818. The molecule has 0 bridgehead atoms. The van der Waals surface area contributed by atoms with Crippen molar-refractivity contribution in [1.82, 2.24) is 15.5 Å². The van der Waals surface area contributed by atoms with Crippen LogP contribution >= 0.6 is 0 Å². The molecule has 102 valence electrons. The van der Waals surface area contributed by atoms with Gasteiger partial charge in [-0.05, 0) is 19.4 Å². The number of aromatic nitrogens is 2. The Kier molecular flexibility index (Phi) is 4.01. The van der Waals surface area contributed by atoms with Gasteiger partial charge in [0.2, 0.25) is 5.89 Å². The first-order chi connectivity index (χ1) is 8.49. The van der Waals surface area contributed by atoms with E-state index >= 15 is 0 Å². The molecule has 1 aliphatic rings. The molecule has 2 atom stereocenters. The van der Waals surface area contributed by atoms with Gasteiger partial charge in [0.15, 0.2) is 15.7 Å². The van der Waals surface area contributed by atoms with E-state index in [-0.39, 0.29) is 17.5 Å². The monoisotopic (exact) mass is 273 g/mol. The van der Waals surface area contributed by atoms with Gasteiger partial charge >= 0.3 is 0 Å². The van der Waals surface area contributed by atoms with Crippen LogP contribution in [0, 0.1) is 0 Å². The van der Waals surface area contributed by atoms with E-state index in [1.165, 1.54) is 6.26 Å². The molecule has 1 heterocycles. The fourth-order valence-electron chi connectivity index (χ4n) is 2.47. The maximum absolute atomic E-state index is 11.2. The third-order valence-corrected chi connectivity index (χ3v) is 3.96. The summed E-state index contributed by atoms with van der Waals surface area (Å²) in [6.07, 6.45) is 4.41. The van der Waals surface area contributed by atoms with E-state index in [1.807, 2.05) is 0 Å². The first-order valence-electron chi connectivity index (χ1n) is 6.23. The summed E-state index contributed by atoms with van der Waals surface area (Å²) in [5, 5.41) is 7.15. The lowest BCUT2D eigenvalue weighted by atomic mass is 10.0. The van der Waals surface area contributed by atoms with Crippen molar-refractivity contribution in [3.05, 3.63) is 11.7 Å². The molecule has 2 rings (SSSR count). The third kappa shape index (κ3) is 3.29. The molecule has 0 spiro atoms. The molecule has 7 heteroatoms. The summed E-state index contributed by atoms with van der Waals surface area (Å²) in [5.74, 6) is 0.882. The minimum absolute atomic E-state index is 0.158. The molecular formula is C11H19N3O3S. The Morgan fingerprint density at radius 3 is 2.89 bits per heavy atom. The van der Waals surface area contributed by atoms with Crippen molar-refractivity contribution in [3.63, 3.8) is 0 Å². The van der Waals surface area contributed by atoms with Crippen LogP contribution in [0.1, 0.15) is 43.8 Å². The lowest BCUT2D eigenvalue weighted by Crippen LogP contribution is -2.31. The standard InChI is InChI=1S/C11H19N3O3S/c1-3-12-9-6-4-5-8(9)11-13-10(14-17-11)7-18(2,15)16/h8-9,12H,3-7H2,1-2H3. The number of sulfone groups is 1. The second-order valence-corrected chi connectivity index (χ2v) is 6.96. The molecule has 1 fully saturated rings. The first-order valence-corrected chi connectivity index (χ1v) is 8.29. The second kappa shape index (κ2) is 5.36. The van der Waals surface area contributed by atoms with Gasteiger partial charge in [0.1, 0.15) is 5.75 Å². The van der Waals surface area contributed by atoms with Crippen molar-refractivity contribution < 1.29 is 12.9 Å². The van der Waals surface area contributed by atoms with Crippen LogP contribution in [0.25, 0.3) is 0 Å². The number of likely N-dealkylation sites (N-methyl/N-ethyl adjacent to an activating group) is 1. The van der Waals surface area contributed by atoms with Gasteiger partial charge in [0.05, 0.1) is 5.92 Å². The molecule has 1 N–H and O–H groups in total. The van der Waals surface area contributed by atoms with E-state index in [1.54, 1.807) is 0 Å². The number of nitrogens with one attached hydrogen (secondary N) is 1. The maximum atomic E-state index is 11.2. The minimum Gasteiger partial charge on any atom is -0.339 e. The summed E-state index contributed by atoms with van der Waals surface area (Å²) >= 11 is 0. The molecule has 6 nitrogen and oxygen atoms in total. The van der Waals surface area contributed by atoms with Crippen LogP contribution in [-0.4, -0.2) is 37.4 Å². The number of rotatable bonds is 5. The van der Waals surface area contributed by atoms with E-state index in [4.69, 9.17) is 4.52 Å². The molecule has 0 radical (unpaired) electrons. The highest BCUT2D eigenvalue weighted by molar-refractivity contribution is 7.89. The van der Waals surface area contributed by atoms with Gasteiger partial charge < -0.3 is 9.84 Å². The van der Waals surface area contributed by atoms with E-state index in [0.717, 1.165) is 25.8 Å². The second-order valence-electron chi connectivity index (χ2n) is 4.82. The molecule has 0 aliphatic heterocycles. The van der Waals surface area contributed by atoms with Gasteiger partial charge in [-0.25, -0.2) is 8.42 Å². The molecule has 0 saturated heterocycles. The van der Waals surface area contributed by atoms with Crippen LogP contribution in [0.4, 0.5) is 0 Å². The van der Waals surface area contributed by atoms with Crippen molar-refractivity contribution in [3.8, 4) is 0 Å². The average molecular weight is 273 g/mol. The average Bonchev–Trinajstić information content (AvgIpc) is 2.84. The van der Waals surface area contributed by atoms with Crippen molar-refractivity contribution in [1.29, 1.82) is 0 Å². The van der Waals surface area contributed by atoms with E-state index in [0.29, 0.717) is 11.9 Å². The zero-order valence-electron chi connectivity index (χ0n) is 10.7. The molecule has 1 aromatic heterocycles. The summed E-state index contributed by atoms with van der Waals surface area (Å²) in [5.41, 5.74) is 0. The van der Waals surface area contributed by atoms with Gasteiger partial charge in [0, 0.05) is 12.3 Å². The van der Waals surface area contributed by atoms with Crippen molar-refractivity contribution in [2.24, 2.45) is 0 Å². The Bertz CT molecular complexity index is 497. The van der Waals surface area contributed by atoms with E-state index in [9.17, 15) is 8.42 Å². The molecule has 1 aromatic rings. The van der Waals surface area contributed by atoms with Gasteiger partial charge in [0.25, 0.3) is 0 Å². The predicted octanol–water partition coefficient (Wildman–Crippen LogP) is 0.860. The van der Waals surface area contributed by atoms with E-state index < -0.39 is 9.84 Å². The number of nitrogens with zero attached hydrogens (tertiary/aromatic N) is 2. The fourth-order valence-corrected chi connectivity index (χ4v) is 3.06. The van der Waals surface area contributed by atoms with Crippen LogP contribution in [-0.2, 0) is 15.6 Å². The summed E-state index contributed by atoms with van der Waals surface area (Å²) in [6, 6.07) is 0.363. The van der Waals surface area contributed by atoms with Gasteiger partial charge in [-0.2, -0.15) is 4.98 Å². The lowest BCUT2D eigenvalue weighted by molar-refractivity contribution is 0.329. The Hall–Kier alpha value is -0.950. The SMILES string of the molecule is CCNC1CCCC1c1nc(CS(C)(=O)=O)no1. The summed E-state index contributed by atoms with van der Waals surface area (Å²) < 4.78 is 27.5. The zero-order valence-corrected chi connectivity index (χ0v) is 11.5. The smallest absolute Gasteiger partial charge is 0.231 e. The third-order valence-electron chi connectivity index (χ3n) is 3.17. The minimum atomic E-state index is -3.11. The molecular weight excluding hydrogens is 254 g/mol. The molecule has 18 heavy (non-hydrogen) atoms. The van der Waals surface area contributed by atoms with Crippen LogP contribution in [0.2, 0.25) is 0 Å². The van der Waals surface area contributed by atoms with Crippen LogP contribution in [0.3, 0.4) is 0 Å². The highest BCUT2D eigenvalue weighted by atomic mass is 32.2. The molecule has 0 amide bonds. The van der Waals surface area contributed by atoms with Crippen LogP contribution in [0.15, 0.2) is 4.52 Å². The normalized spacial score (nSPS) is 24.6. The molecule has 1 saturated carbocycles. The highest BCUT2D eigenvalue weighted by Crippen LogP contribution is 2.33. The lowest BCUT2D eigenvalue weighted by Gasteiger charge is -2.16. The predicted molar refractivity (Wildman–Crippen MR) is 66.9 cm³/mol. The van der Waals surface area contributed by atoms with Crippen molar-refractivity contribution in [2.75, 3.05) is 12.8 Å². The van der Waals surface area contributed by atoms with Gasteiger partial charge in [-0.1, -0.05) is 18.5 Å². The van der Waals surface area contributed by atoms with Gasteiger partial charge in [-0.3, -0.25) is 0 Å². The van der Waals surface area contributed by atoms with E-state index in [2.05, 4.69) is 22.4 Å². The zero-order chi connectivity index (χ0) is 13.2. The topological polar surface area (TPSA) is 85.1 Å².